The molecule has 0 aliphatic rings. The predicted molar refractivity (Wildman–Crippen MR) is 94.6 cm³/mol. The summed E-state index contributed by atoms with van der Waals surface area (Å²) in [5.41, 5.74) is 3.35. The molecule has 0 aromatic heterocycles. The summed E-state index contributed by atoms with van der Waals surface area (Å²) in [6, 6.07) is 11.3. The van der Waals surface area contributed by atoms with Crippen molar-refractivity contribution in [2.75, 3.05) is 0 Å². The van der Waals surface area contributed by atoms with Crippen LogP contribution in [0.1, 0.15) is 28.4 Å². The van der Waals surface area contributed by atoms with E-state index in [0.717, 1.165) is 11.1 Å². The van der Waals surface area contributed by atoms with Crippen LogP contribution in [0, 0.1) is 5.82 Å². The topological polar surface area (TPSA) is 98.7 Å². The second-order valence-corrected chi connectivity index (χ2v) is 5.67. The van der Waals surface area contributed by atoms with Gasteiger partial charge in [0.15, 0.2) is 0 Å². The number of rotatable bonds is 6. The molecule has 26 heavy (non-hydrogen) atoms. The van der Waals surface area contributed by atoms with Crippen LogP contribution in [0.15, 0.2) is 48.5 Å². The molecule has 0 radical (unpaired) electrons. The van der Waals surface area contributed by atoms with E-state index in [1.54, 1.807) is 36.4 Å². The van der Waals surface area contributed by atoms with Crippen molar-refractivity contribution < 1.29 is 24.3 Å². The van der Waals surface area contributed by atoms with Gasteiger partial charge in [-0.25, -0.2) is 9.87 Å². The molecule has 136 valence electrons. The summed E-state index contributed by atoms with van der Waals surface area (Å²) in [6.45, 7) is 1.32. The maximum Gasteiger partial charge on any atom is 0.268 e. The molecule has 0 saturated heterocycles. The minimum atomic E-state index is -1.27. The lowest BCUT2D eigenvalue weighted by Gasteiger charge is -2.19. The van der Waals surface area contributed by atoms with Gasteiger partial charge < -0.3 is 10.4 Å². The number of hydrogen-bond donors (Lipinski definition) is 4. The number of carbonyl (C=O) groups excluding carboxylic acids is 2. The third kappa shape index (κ3) is 5.23. The van der Waals surface area contributed by atoms with Gasteiger partial charge in [-0.1, -0.05) is 36.4 Å². The average Bonchev–Trinajstić information content (AvgIpc) is 2.65. The number of aliphatic hydroxyl groups is 1. The molecule has 0 aliphatic heterocycles. The molecule has 0 heterocycles. The molecule has 0 aliphatic carbocycles. The third-order valence-electron chi connectivity index (χ3n) is 3.67. The highest BCUT2D eigenvalue weighted by Crippen LogP contribution is 2.11. The quantitative estimate of drug-likeness (QED) is 0.360. The standard InChI is InChI=1S/C19H19FN2O4/c1-12(23)17(19(25)22-26)21-18(24)15-8-4-13(5-9-15)2-3-14-6-10-16(20)11-7-14/h2-12,17,23,26H,1H3,(H,21,24)(H,22,25)/b3-2+/t12-,17+/m1/s1. The average molecular weight is 358 g/mol. The largest absolute Gasteiger partial charge is 0.391 e. The fourth-order valence-corrected chi connectivity index (χ4v) is 2.21. The van der Waals surface area contributed by atoms with Crippen molar-refractivity contribution >= 4 is 24.0 Å². The Hall–Kier alpha value is -3.03. The van der Waals surface area contributed by atoms with Gasteiger partial charge in [0.1, 0.15) is 11.9 Å². The van der Waals surface area contributed by atoms with Gasteiger partial charge in [-0.15, -0.1) is 0 Å². The summed E-state index contributed by atoms with van der Waals surface area (Å²) < 4.78 is 12.9. The fourth-order valence-electron chi connectivity index (χ4n) is 2.21. The van der Waals surface area contributed by atoms with E-state index in [-0.39, 0.29) is 5.82 Å². The summed E-state index contributed by atoms with van der Waals surface area (Å²) in [5, 5.41) is 20.5. The highest BCUT2D eigenvalue weighted by atomic mass is 19.1. The van der Waals surface area contributed by atoms with Gasteiger partial charge in [0.05, 0.1) is 6.10 Å². The van der Waals surface area contributed by atoms with Crippen LogP contribution in [0.5, 0.6) is 0 Å². The smallest absolute Gasteiger partial charge is 0.268 e. The van der Waals surface area contributed by atoms with Crippen LogP contribution in [-0.4, -0.2) is 34.3 Å². The normalized spacial score (nSPS) is 13.2. The van der Waals surface area contributed by atoms with Gasteiger partial charge in [0, 0.05) is 5.56 Å². The lowest BCUT2D eigenvalue weighted by atomic mass is 10.1. The second kappa shape index (κ2) is 8.89. The van der Waals surface area contributed by atoms with Crippen LogP contribution in [-0.2, 0) is 4.79 Å². The molecule has 0 unspecified atom stereocenters. The number of amides is 2. The predicted octanol–water partition coefficient (Wildman–Crippen LogP) is 1.98. The first kappa shape index (κ1) is 19.3. The first-order valence-electron chi connectivity index (χ1n) is 7.87. The van der Waals surface area contributed by atoms with E-state index in [2.05, 4.69) is 5.32 Å². The van der Waals surface area contributed by atoms with Crippen LogP contribution >= 0.6 is 0 Å². The minimum absolute atomic E-state index is 0.292. The Labute approximate surface area is 149 Å². The molecule has 0 spiro atoms. The molecular formula is C19H19FN2O4. The van der Waals surface area contributed by atoms with Gasteiger partial charge >= 0.3 is 0 Å². The van der Waals surface area contributed by atoms with Gasteiger partial charge in [-0.3, -0.25) is 14.8 Å². The summed E-state index contributed by atoms with van der Waals surface area (Å²) in [6.07, 6.45) is 2.44. The SMILES string of the molecule is C[C@@H](O)[C@H](NC(=O)c1ccc(/C=C/c2ccc(F)cc2)cc1)C(=O)NO. The number of benzene rings is 2. The van der Waals surface area contributed by atoms with Crippen LogP contribution in [0.4, 0.5) is 4.39 Å². The molecule has 2 aromatic carbocycles. The van der Waals surface area contributed by atoms with E-state index in [1.165, 1.54) is 24.5 Å². The molecule has 0 saturated carbocycles. The number of hydroxylamine groups is 1. The monoisotopic (exact) mass is 358 g/mol. The number of hydrogen-bond acceptors (Lipinski definition) is 4. The Balaban J connectivity index is 2.04. The van der Waals surface area contributed by atoms with Crippen LogP contribution < -0.4 is 10.8 Å². The van der Waals surface area contributed by atoms with E-state index in [4.69, 9.17) is 5.21 Å². The number of aliphatic hydroxyl groups excluding tert-OH is 1. The van der Waals surface area contributed by atoms with Crippen molar-refractivity contribution in [2.45, 2.75) is 19.1 Å². The van der Waals surface area contributed by atoms with Crippen LogP contribution in [0.25, 0.3) is 12.2 Å². The van der Waals surface area contributed by atoms with E-state index in [9.17, 15) is 19.1 Å². The summed E-state index contributed by atoms with van der Waals surface area (Å²) in [4.78, 5) is 23.6. The molecule has 4 N–H and O–H groups in total. The number of halogens is 1. The van der Waals surface area contributed by atoms with Crippen molar-refractivity contribution in [1.82, 2.24) is 10.8 Å². The van der Waals surface area contributed by atoms with Gasteiger partial charge in [0.25, 0.3) is 11.8 Å². The molecule has 7 heteroatoms. The molecule has 0 fully saturated rings. The molecule has 0 bridgehead atoms. The van der Waals surface area contributed by atoms with E-state index >= 15 is 0 Å². The van der Waals surface area contributed by atoms with Crippen molar-refractivity contribution in [2.24, 2.45) is 0 Å². The zero-order chi connectivity index (χ0) is 19.1. The zero-order valence-corrected chi connectivity index (χ0v) is 14.0. The highest BCUT2D eigenvalue weighted by Gasteiger charge is 2.25. The first-order valence-corrected chi connectivity index (χ1v) is 7.87. The Morgan fingerprint density at radius 2 is 1.50 bits per heavy atom. The highest BCUT2D eigenvalue weighted by molar-refractivity contribution is 5.97. The number of nitrogens with one attached hydrogen (secondary N) is 2. The first-order chi connectivity index (χ1) is 12.4. The van der Waals surface area contributed by atoms with E-state index in [0.29, 0.717) is 5.56 Å². The fraction of sp³-hybridized carbons (Fsp3) is 0.158. The molecule has 2 amide bonds. The van der Waals surface area contributed by atoms with Crippen LogP contribution in [0.2, 0.25) is 0 Å². The van der Waals surface area contributed by atoms with Gasteiger partial charge in [0.2, 0.25) is 0 Å². The molecule has 2 rings (SSSR count). The van der Waals surface area contributed by atoms with Crippen molar-refractivity contribution in [3.63, 3.8) is 0 Å². The summed E-state index contributed by atoms with van der Waals surface area (Å²) in [7, 11) is 0. The Morgan fingerprint density at radius 3 is 1.96 bits per heavy atom. The third-order valence-corrected chi connectivity index (χ3v) is 3.67. The van der Waals surface area contributed by atoms with Gasteiger partial charge in [-0.2, -0.15) is 0 Å². The molecule has 6 nitrogen and oxygen atoms in total. The maximum absolute atomic E-state index is 12.9. The van der Waals surface area contributed by atoms with Crippen LogP contribution in [0.3, 0.4) is 0 Å². The molecule has 2 atom stereocenters. The zero-order valence-electron chi connectivity index (χ0n) is 14.0. The van der Waals surface area contributed by atoms with E-state index in [1.807, 2.05) is 12.2 Å². The Kier molecular flexibility index (Phi) is 6.60. The van der Waals surface area contributed by atoms with Crippen molar-refractivity contribution in [1.29, 1.82) is 0 Å². The summed E-state index contributed by atoms with van der Waals surface area (Å²) in [5.74, 6) is -1.77. The minimum Gasteiger partial charge on any atom is -0.391 e. The van der Waals surface area contributed by atoms with Gasteiger partial charge in [-0.05, 0) is 42.3 Å². The lowest BCUT2D eigenvalue weighted by molar-refractivity contribution is -0.133. The molecule has 2 aromatic rings. The Morgan fingerprint density at radius 1 is 1.00 bits per heavy atom. The van der Waals surface area contributed by atoms with Crippen molar-refractivity contribution in [3.05, 3.63) is 71.0 Å². The molecular weight excluding hydrogens is 339 g/mol. The Bertz CT molecular complexity index is 786. The number of carbonyl (C=O) groups is 2. The lowest BCUT2D eigenvalue weighted by Crippen LogP contribution is -2.51. The second-order valence-electron chi connectivity index (χ2n) is 5.67. The van der Waals surface area contributed by atoms with E-state index < -0.39 is 24.0 Å². The van der Waals surface area contributed by atoms with Crippen molar-refractivity contribution in [3.8, 4) is 0 Å². The maximum atomic E-state index is 12.9. The summed E-state index contributed by atoms with van der Waals surface area (Å²) >= 11 is 0.